The summed E-state index contributed by atoms with van der Waals surface area (Å²) in [7, 11) is 1.60. The smallest absolute Gasteiger partial charge is 0.228 e. The Morgan fingerprint density at radius 1 is 1.50 bits per heavy atom. The monoisotopic (exact) mass is 284 g/mol. The molecular weight excluding hydrogens is 260 g/mol. The van der Waals surface area contributed by atoms with Crippen LogP contribution in [0.15, 0.2) is 0 Å². The number of rotatable bonds is 5. The molecule has 2 rings (SSSR count). The highest BCUT2D eigenvalue weighted by atomic mass is 16.5. The lowest BCUT2D eigenvalue weighted by Crippen LogP contribution is -2.43. The fourth-order valence-corrected chi connectivity index (χ4v) is 3.15. The van der Waals surface area contributed by atoms with Gasteiger partial charge in [-0.2, -0.15) is 0 Å². The van der Waals surface area contributed by atoms with Gasteiger partial charge in [0, 0.05) is 33.2 Å². The van der Waals surface area contributed by atoms with Crippen molar-refractivity contribution in [3.8, 4) is 0 Å². The number of aliphatic hydroxyl groups is 1. The van der Waals surface area contributed by atoms with E-state index in [1.165, 1.54) is 0 Å². The highest BCUT2D eigenvalue weighted by Crippen LogP contribution is 2.28. The molecule has 2 amide bonds. The van der Waals surface area contributed by atoms with Crippen molar-refractivity contribution in [3.63, 3.8) is 0 Å². The normalized spacial score (nSPS) is 30.4. The van der Waals surface area contributed by atoms with Crippen LogP contribution in [0.1, 0.15) is 19.8 Å². The molecule has 1 N–H and O–H groups in total. The van der Waals surface area contributed by atoms with E-state index in [9.17, 15) is 14.7 Å². The minimum atomic E-state index is -0.265. The largest absolute Gasteiger partial charge is 0.394 e. The predicted octanol–water partition coefficient (Wildman–Crippen LogP) is -0.289. The van der Waals surface area contributed by atoms with Crippen LogP contribution in [-0.4, -0.2) is 72.7 Å². The Hall–Kier alpha value is -1.14. The van der Waals surface area contributed by atoms with Gasteiger partial charge in [-0.05, 0) is 12.3 Å². The van der Waals surface area contributed by atoms with E-state index in [4.69, 9.17) is 4.74 Å². The second-order valence-corrected chi connectivity index (χ2v) is 5.78. The Balaban J connectivity index is 1.95. The van der Waals surface area contributed by atoms with Crippen molar-refractivity contribution >= 4 is 11.8 Å². The lowest BCUT2D eigenvalue weighted by molar-refractivity contribution is -0.137. The first kappa shape index (κ1) is 15.3. The molecule has 114 valence electrons. The molecule has 2 aliphatic rings. The van der Waals surface area contributed by atoms with Gasteiger partial charge in [-0.25, -0.2) is 0 Å². The van der Waals surface area contributed by atoms with Crippen LogP contribution in [0, 0.1) is 11.8 Å². The van der Waals surface area contributed by atoms with Crippen molar-refractivity contribution in [2.24, 2.45) is 11.8 Å². The number of nitrogens with zero attached hydrogens (tertiary/aromatic N) is 2. The molecule has 3 unspecified atom stereocenters. The SMILES string of the molecule is COCCN1CC(C(=O)N2CCC(C)C2CO)CC1=O. The van der Waals surface area contributed by atoms with Gasteiger partial charge in [-0.1, -0.05) is 6.92 Å². The Kier molecular flexibility index (Phi) is 4.99. The van der Waals surface area contributed by atoms with E-state index in [1.807, 2.05) is 0 Å². The molecule has 20 heavy (non-hydrogen) atoms. The van der Waals surface area contributed by atoms with Gasteiger partial charge in [0.15, 0.2) is 0 Å². The highest BCUT2D eigenvalue weighted by Gasteiger charge is 2.41. The summed E-state index contributed by atoms with van der Waals surface area (Å²) < 4.78 is 4.97. The van der Waals surface area contributed by atoms with Crippen molar-refractivity contribution in [1.82, 2.24) is 9.80 Å². The first-order valence-corrected chi connectivity index (χ1v) is 7.26. The quantitative estimate of drug-likeness (QED) is 0.753. The van der Waals surface area contributed by atoms with Crippen LogP contribution in [0.25, 0.3) is 0 Å². The maximum absolute atomic E-state index is 12.5. The molecule has 6 nitrogen and oxygen atoms in total. The summed E-state index contributed by atoms with van der Waals surface area (Å²) in [5.74, 6) is 0.0965. The molecule has 2 fully saturated rings. The summed E-state index contributed by atoms with van der Waals surface area (Å²) in [6, 6.07) is -0.0920. The number of methoxy groups -OCH3 is 1. The first-order valence-electron chi connectivity index (χ1n) is 7.26. The summed E-state index contributed by atoms with van der Waals surface area (Å²) in [4.78, 5) is 27.9. The maximum atomic E-state index is 12.5. The second-order valence-electron chi connectivity index (χ2n) is 5.78. The first-order chi connectivity index (χ1) is 9.58. The highest BCUT2D eigenvalue weighted by molar-refractivity contribution is 5.89. The third-order valence-electron chi connectivity index (χ3n) is 4.48. The number of likely N-dealkylation sites (tertiary alicyclic amines) is 2. The number of carbonyl (C=O) groups excluding carboxylic acids is 2. The van der Waals surface area contributed by atoms with E-state index < -0.39 is 0 Å². The van der Waals surface area contributed by atoms with Crippen LogP contribution in [0.4, 0.5) is 0 Å². The molecule has 0 aromatic heterocycles. The summed E-state index contributed by atoms with van der Waals surface area (Å²) >= 11 is 0. The van der Waals surface area contributed by atoms with Crippen LogP contribution in [0.5, 0.6) is 0 Å². The molecule has 0 bridgehead atoms. The van der Waals surface area contributed by atoms with Crippen LogP contribution < -0.4 is 0 Å². The maximum Gasteiger partial charge on any atom is 0.228 e. The molecule has 2 aliphatic heterocycles. The van der Waals surface area contributed by atoms with Gasteiger partial charge in [0.25, 0.3) is 0 Å². The second kappa shape index (κ2) is 6.54. The van der Waals surface area contributed by atoms with Crippen molar-refractivity contribution in [2.45, 2.75) is 25.8 Å². The standard InChI is InChI=1S/C14H24N2O4/c1-10-3-4-16(12(10)9-17)14(19)11-7-13(18)15(8-11)5-6-20-2/h10-12,17H,3-9H2,1-2H3. The van der Waals surface area contributed by atoms with Crippen LogP contribution >= 0.6 is 0 Å². The topological polar surface area (TPSA) is 70.1 Å². The molecule has 2 saturated heterocycles. The summed E-state index contributed by atoms with van der Waals surface area (Å²) in [6.45, 7) is 4.25. The average Bonchev–Trinajstić information content (AvgIpc) is 2.99. The number of hydrogen-bond donors (Lipinski definition) is 1. The van der Waals surface area contributed by atoms with Crippen molar-refractivity contribution in [3.05, 3.63) is 0 Å². The third-order valence-corrected chi connectivity index (χ3v) is 4.48. The molecule has 0 aliphatic carbocycles. The molecule has 0 spiro atoms. The number of aliphatic hydroxyl groups excluding tert-OH is 1. The molecule has 0 aromatic carbocycles. The minimum Gasteiger partial charge on any atom is -0.394 e. The fourth-order valence-electron chi connectivity index (χ4n) is 3.15. The van der Waals surface area contributed by atoms with E-state index in [0.29, 0.717) is 32.2 Å². The average molecular weight is 284 g/mol. The minimum absolute atomic E-state index is 0.000954. The lowest BCUT2D eigenvalue weighted by Gasteiger charge is -2.27. The molecule has 0 aromatic rings. The van der Waals surface area contributed by atoms with E-state index in [2.05, 4.69) is 6.92 Å². The number of amides is 2. The number of hydrogen-bond acceptors (Lipinski definition) is 4. The molecule has 0 saturated carbocycles. The van der Waals surface area contributed by atoms with Gasteiger partial charge in [0.1, 0.15) is 0 Å². The Morgan fingerprint density at radius 2 is 2.25 bits per heavy atom. The number of carbonyl (C=O) groups is 2. The molecule has 2 heterocycles. The third kappa shape index (κ3) is 2.96. The lowest BCUT2D eigenvalue weighted by atomic mass is 10.0. The zero-order valence-corrected chi connectivity index (χ0v) is 12.2. The summed E-state index contributed by atoms with van der Waals surface area (Å²) in [5, 5.41) is 9.43. The molecular formula is C14H24N2O4. The van der Waals surface area contributed by atoms with Gasteiger partial charge in [-0.3, -0.25) is 9.59 Å². The van der Waals surface area contributed by atoms with Crippen molar-refractivity contribution in [2.75, 3.05) is 40.0 Å². The van der Waals surface area contributed by atoms with E-state index in [0.717, 1.165) is 6.42 Å². The van der Waals surface area contributed by atoms with Gasteiger partial charge in [0.05, 0.1) is 25.2 Å². The fraction of sp³-hybridized carbons (Fsp3) is 0.857. The predicted molar refractivity (Wildman–Crippen MR) is 72.9 cm³/mol. The summed E-state index contributed by atoms with van der Waals surface area (Å²) in [5.41, 5.74) is 0. The Bertz CT molecular complexity index is 374. The van der Waals surface area contributed by atoms with Gasteiger partial charge in [-0.15, -0.1) is 0 Å². The van der Waals surface area contributed by atoms with Crippen LogP contribution in [0.3, 0.4) is 0 Å². The van der Waals surface area contributed by atoms with Crippen molar-refractivity contribution in [1.29, 1.82) is 0 Å². The molecule has 3 atom stereocenters. The van der Waals surface area contributed by atoms with Crippen LogP contribution in [0.2, 0.25) is 0 Å². The zero-order chi connectivity index (χ0) is 14.7. The van der Waals surface area contributed by atoms with Gasteiger partial charge in [0.2, 0.25) is 11.8 Å². The van der Waals surface area contributed by atoms with Crippen molar-refractivity contribution < 1.29 is 19.4 Å². The Labute approximate surface area is 119 Å². The molecule has 0 radical (unpaired) electrons. The van der Waals surface area contributed by atoms with Gasteiger partial charge < -0.3 is 19.6 Å². The number of ether oxygens (including phenoxy) is 1. The van der Waals surface area contributed by atoms with E-state index in [-0.39, 0.29) is 36.8 Å². The van der Waals surface area contributed by atoms with Gasteiger partial charge >= 0.3 is 0 Å². The zero-order valence-electron chi connectivity index (χ0n) is 12.2. The molecule has 6 heteroatoms. The van der Waals surface area contributed by atoms with E-state index >= 15 is 0 Å². The summed E-state index contributed by atoms with van der Waals surface area (Å²) in [6.07, 6.45) is 1.20. The van der Waals surface area contributed by atoms with E-state index in [1.54, 1.807) is 16.9 Å². The van der Waals surface area contributed by atoms with Crippen LogP contribution in [-0.2, 0) is 14.3 Å². The Morgan fingerprint density at radius 3 is 2.90 bits per heavy atom.